The second-order valence-corrected chi connectivity index (χ2v) is 8.54. The van der Waals surface area contributed by atoms with Crippen molar-refractivity contribution < 1.29 is 32.6 Å². The molecular weight excluding hydrogens is 362 g/mol. The van der Waals surface area contributed by atoms with Crippen molar-refractivity contribution in [1.82, 2.24) is 4.72 Å². The van der Waals surface area contributed by atoms with Gasteiger partial charge in [-0.1, -0.05) is 0 Å². The molecule has 8 nitrogen and oxygen atoms in total. The quantitative estimate of drug-likeness (QED) is 0.684. The molecule has 9 heteroatoms. The number of aliphatic carboxylic acids is 1. The van der Waals surface area contributed by atoms with E-state index in [2.05, 4.69) is 4.72 Å². The van der Waals surface area contributed by atoms with E-state index in [-0.39, 0.29) is 4.90 Å². The molecule has 0 saturated carbocycles. The molecule has 26 heavy (non-hydrogen) atoms. The standard InChI is InChI=1S/C17H25NO7S/c1-10-7-12(24-6)8-11(2)15(10)26(22,23)18-13(16(20)21)9-14(19)25-17(3,4)5/h7-8,13,18H,9H2,1-6H3,(H,20,21). The van der Waals surface area contributed by atoms with Crippen LogP contribution in [0.25, 0.3) is 0 Å². The third-order valence-electron chi connectivity index (χ3n) is 3.32. The molecule has 0 heterocycles. The number of carbonyl (C=O) groups is 2. The van der Waals surface area contributed by atoms with Gasteiger partial charge in [0.15, 0.2) is 0 Å². The van der Waals surface area contributed by atoms with Gasteiger partial charge in [-0.05, 0) is 57.9 Å². The lowest BCUT2D eigenvalue weighted by atomic mass is 10.1. The summed E-state index contributed by atoms with van der Waals surface area (Å²) in [5, 5.41) is 9.30. The number of carboxylic acid groups (broad SMARTS) is 1. The van der Waals surface area contributed by atoms with E-state index in [1.54, 1.807) is 34.6 Å². The van der Waals surface area contributed by atoms with E-state index < -0.39 is 40.0 Å². The minimum absolute atomic E-state index is 0.0475. The number of carboxylic acids is 1. The van der Waals surface area contributed by atoms with Gasteiger partial charge < -0.3 is 14.6 Å². The minimum atomic E-state index is -4.17. The first kappa shape index (κ1) is 21.9. The van der Waals surface area contributed by atoms with Crippen molar-refractivity contribution in [2.24, 2.45) is 0 Å². The third kappa shape index (κ3) is 5.99. The molecule has 1 aromatic carbocycles. The van der Waals surface area contributed by atoms with Crippen LogP contribution in [0.15, 0.2) is 17.0 Å². The highest BCUT2D eigenvalue weighted by molar-refractivity contribution is 7.89. The first-order chi connectivity index (χ1) is 11.8. The van der Waals surface area contributed by atoms with E-state index >= 15 is 0 Å². The number of methoxy groups -OCH3 is 1. The lowest BCUT2D eigenvalue weighted by molar-refractivity contribution is -0.158. The average Bonchev–Trinajstić information content (AvgIpc) is 2.42. The summed E-state index contributed by atoms with van der Waals surface area (Å²) in [5.74, 6) is -1.79. The molecule has 0 amide bonds. The van der Waals surface area contributed by atoms with Crippen molar-refractivity contribution in [3.05, 3.63) is 23.3 Å². The predicted molar refractivity (Wildman–Crippen MR) is 94.7 cm³/mol. The Balaban J connectivity index is 3.12. The first-order valence-corrected chi connectivity index (χ1v) is 9.37. The molecular formula is C17H25NO7S. The summed E-state index contributed by atoms with van der Waals surface area (Å²) in [5.41, 5.74) is -0.00570. The average molecular weight is 387 g/mol. The zero-order valence-corrected chi connectivity index (χ0v) is 16.6. The Bertz CT molecular complexity index is 771. The zero-order valence-electron chi connectivity index (χ0n) is 15.7. The van der Waals surface area contributed by atoms with Gasteiger partial charge >= 0.3 is 11.9 Å². The number of nitrogens with one attached hydrogen (secondary N) is 1. The maximum Gasteiger partial charge on any atom is 0.322 e. The molecule has 0 saturated heterocycles. The summed E-state index contributed by atoms with van der Waals surface area (Å²) in [6.07, 6.45) is -0.625. The highest BCUT2D eigenvalue weighted by Gasteiger charge is 2.31. The molecule has 1 aromatic rings. The molecule has 146 valence electrons. The molecule has 1 rings (SSSR count). The number of ether oxygens (including phenoxy) is 2. The summed E-state index contributed by atoms with van der Waals surface area (Å²) < 4.78 is 37.6. The molecule has 1 unspecified atom stereocenters. The van der Waals surface area contributed by atoms with E-state index in [9.17, 15) is 23.1 Å². The fraction of sp³-hybridized carbons (Fsp3) is 0.529. The fourth-order valence-corrected chi connectivity index (χ4v) is 4.07. The molecule has 0 aliphatic carbocycles. The predicted octanol–water partition coefficient (Wildman–Crippen LogP) is 1.78. The van der Waals surface area contributed by atoms with Crippen molar-refractivity contribution in [3.63, 3.8) is 0 Å². The van der Waals surface area contributed by atoms with Crippen LogP contribution in [0.2, 0.25) is 0 Å². The summed E-state index contributed by atoms with van der Waals surface area (Å²) in [6, 6.07) is 1.42. The molecule has 2 N–H and O–H groups in total. The summed E-state index contributed by atoms with van der Waals surface area (Å²) in [6.45, 7) is 8.06. The summed E-state index contributed by atoms with van der Waals surface area (Å²) in [7, 11) is -2.71. The molecule has 0 spiro atoms. The van der Waals surface area contributed by atoms with Crippen LogP contribution in [0.1, 0.15) is 38.3 Å². The number of hydrogen-bond donors (Lipinski definition) is 2. The maximum absolute atomic E-state index is 12.7. The van der Waals surface area contributed by atoms with E-state index in [1.807, 2.05) is 0 Å². The minimum Gasteiger partial charge on any atom is -0.497 e. The van der Waals surface area contributed by atoms with Crippen LogP contribution in [0, 0.1) is 13.8 Å². The van der Waals surface area contributed by atoms with E-state index in [1.165, 1.54) is 19.2 Å². The highest BCUT2D eigenvalue weighted by atomic mass is 32.2. The second kappa shape index (κ2) is 8.05. The van der Waals surface area contributed by atoms with Gasteiger partial charge in [0.05, 0.1) is 18.4 Å². The van der Waals surface area contributed by atoms with Gasteiger partial charge in [-0.15, -0.1) is 0 Å². The van der Waals surface area contributed by atoms with Crippen molar-refractivity contribution in [2.75, 3.05) is 7.11 Å². The van der Waals surface area contributed by atoms with Gasteiger partial charge in [-0.3, -0.25) is 9.59 Å². The Kier molecular flexibility index (Phi) is 6.78. The van der Waals surface area contributed by atoms with E-state index in [0.29, 0.717) is 16.9 Å². The number of carbonyl (C=O) groups excluding carboxylic acids is 1. The van der Waals surface area contributed by atoms with Crippen LogP contribution >= 0.6 is 0 Å². The van der Waals surface area contributed by atoms with Crippen molar-refractivity contribution in [1.29, 1.82) is 0 Å². The molecule has 0 radical (unpaired) electrons. The van der Waals surface area contributed by atoms with E-state index in [4.69, 9.17) is 9.47 Å². The van der Waals surface area contributed by atoms with Gasteiger partial charge in [0.1, 0.15) is 17.4 Å². The third-order valence-corrected chi connectivity index (χ3v) is 5.10. The van der Waals surface area contributed by atoms with Crippen LogP contribution in [0.3, 0.4) is 0 Å². The van der Waals surface area contributed by atoms with E-state index in [0.717, 1.165) is 0 Å². The normalized spacial score (nSPS) is 13.2. The Labute approximate surface area is 153 Å². The number of hydrogen-bond acceptors (Lipinski definition) is 6. The maximum atomic E-state index is 12.7. The summed E-state index contributed by atoms with van der Waals surface area (Å²) >= 11 is 0. The van der Waals surface area contributed by atoms with Gasteiger partial charge in [0, 0.05) is 0 Å². The molecule has 0 aromatic heterocycles. The Hall–Kier alpha value is -2.13. The molecule has 1 atom stereocenters. The van der Waals surface area contributed by atoms with Crippen LogP contribution in [0.4, 0.5) is 0 Å². The SMILES string of the molecule is COc1cc(C)c(S(=O)(=O)NC(CC(=O)OC(C)(C)C)C(=O)O)c(C)c1. The van der Waals surface area contributed by atoms with Crippen molar-refractivity contribution in [2.45, 2.75) is 57.6 Å². The van der Waals surface area contributed by atoms with Crippen LogP contribution in [0.5, 0.6) is 5.75 Å². The molecule has 0 fully saturated rings. The van der Waals surface area contributed by atoms with Gasteiger partial charge in [0.25, 0.3) is 0 Å². The Morgan fingerprint density at radius 1 is 1.19 bits per heavy atom. The smallest absolute Gasteiger partial charge is 0.322 e. The van der Waals surface area contributed by atoms with Gasteiger partial charge in [0.2, 0.25) is 10.0 Å². The number of sulfonamides is 1. The number of benzene rings is 1. The number of rotatable bonds is 7. The lowest BCUT2D eigenvalue weighted by Gasteiger charge is -2.22. The topological polar surface area (TPSA) is 119 Å². The lowest BCUT2D eigenvalue weighted by Crippen LogP contribution is -2.43. The fourth-order valence-electron chi connectivity index (χ4n) is 2.43. The van der Waals surface area contributed by atoms with Gasteiger partial charge in [-0.2, -0.15) is 4.72 Å². The first-order valence-electron chi connectivity index (χ1n) is 7.89. The Morgan fingerprint density at radius 3 is 2.08 bits per heavy atom. The van der Waals surface area contributed by atoms with Crippen LogP contribution in [-0.2, 0) is 24.3 Å². The van der Waals surface area contributed by atoms with Crippen LogP contribution in [-0.4, -0.2) is 44.2 Å². The largest absolute Gasteiger partial charge is 0.497 e. The monoisotopic (exact) mass is 387 g/mol. The van der Waals surface area contributed by atoms with Crippen molar-refractivity contribution in [3.8, 4) is 5.75 Å². The number of aryl methyl sites for hydroxylation is 2. The highest BCUT2D eigenvalue weighted by Crippen LogP contribution is 2.26. The molecule has 0 aliphatic heterocycles. The molecule has 0 aliphatic rings. The molecule has 0 bridgehead atoms. The Morgan fingerprint density at radius 2 is 1.69 bits per heavy atom. The van der Waals surface area contributed by atoms with Crippen molar-refractivity contribution >= 4 is 22.0 Å². The number of esters is 1. The van der Waals surface area contributed by atoms with Crippen LogP contribution < -0.4 is 9.46 Å². The van der Waals surface area contributed by atoms with Gasteiger partial charge in [-0.25, -0.2) is 8.42 Å². The summed E-state index contributed by atoms with van der Waals surface area (Å²) in [4.78, 5) is 23.3. The zero-order chi connectivity index (χ0) is 20.3. The second-order valence-electron chi connectivity index (χ2n) is 6.89.